The summed E-state index contributed by atoms with van der Waals surface area (Å²) in [4.78, 5) is 0. The van der Waals surface area contributed by atoms with E-state index < -0.39 is 0 Å². The van der Waals surface area contributed by atoms with E-state index in [1.165, 1.54) is 44.1 Å². The molecule has 1 aromatic rings. The summed E-state index contributed by atoms with van der Waals surface area (Å²) < 4.78 is 11.9. The van der Waals surface area contributed by atoms with Crippen molar-refractivity contribution < 1.29 is 9.47 Å². The highest BCUT2D eigenvalue weighted by Gasteiger charge is 2.20. The van der Waals surface area contributed by atoms with Gasteiger partial charge in [0.2, 0.25) is 6.79 Å². The molecule has 1 aliphatic carbocycles. The van der Waals surface area contributed by atoms with Crippen molar-refractivity contribution >= 4 is 15.9 Å². The van der Waals surface area contributed by atoms with Crippen molar-refractivity contribution in [3.8, 4) is 11.5 Å². The van der Waals surface area contributed by atoms with E-state index in [1.807, 2.05) is 6.07 Å². The molecule has 0 radical (unpaired) electrons. The van der Waals surface area contributed by atoms with Crippen LogP contribution in [0.25, 0.3) is 0 Å². The van der Waals surface area contributed by atoms with Crippen LogP contribution in [0, 0.1) is 5.92 Å². The fourth-order valence-corrected chi connectivity index (χ4v) is 3.81. The summed E-state index contributed by atoms with van der Waals surface area (Å²) in [5.74, 6) is 2.51. The van der Waals surface area contributed by atoms with Crippen LogP contribution in [0.1, 0.15) is 51.0 Å². The Morgan fingerprint density at radius 2 is 1.81 bits per heavy atom. The van der Waals surface area contributed by atoms with Gasteiger partial charge in [-0.05, 0) is 43.4 Å². The average molecular weight is 354 g/mol. The molecule has 4 heteroatoms. The summed E-state index contributed by atoms with van der Waals surface area (Å²) in [6.07, 6.45) is 8.36. The van der Waals surface area contributed by atoms with Gasteiger partial charge in [-0.25, -0.2) is 0 Å². The van der Waals surface area contributed by atoms with Crippen LogP contribution in [0.3, 0.4) is 0 Å². The first-order chi connectivity index (χ1) is 10.2. The zero-order valence-electron chi connectivity index (χ0n) is 12.7. The minimum Gasteiger partial charge on any atom is -0.454 e. The van der Waals surface area contributed by atoms with Crippen LogP contribution in [-0.4, -0.2) is 12.8 Å². The topological polar surface area (TPSA) is 30.5 Å². The highest BCUT2D eigenvalue weighted by molar-refractivity contribution is 9.10. The van der Waals surface area contributed by atoms with E-state index in [4.69, 9.17) is 9.47 Å². The Hall–Kier alpha value is -0.740. The molecular weight excluding hydrogens is 330 g/mol. The molecule has 1 heterocycles. The lowest BCUT2D eigenvalue weighted by Crippen LogP contribution is -2.33. The van der Waals surface area contributed by atoms with Crippen molar-refractivity contribution in [3.63, 3.8) is 0 Å². The monoisotopic (exact) mass is 353 g/mol. The molecule has 1 aromatic carbocycles. The molecular formula is C17H24BrNO2. The third kappa shape index (κ3) is 3.72. The minimum absolute atomic E-state index is 0.330. The molecule has 2 aliphatic rings. The number of benzene rings is 1. The molecule has 1 atom stereocenters. The molecule has 0 aromatic heterocycles. The first-order valence-electron chi connectivity index (χ1n) is 8.05. The maximum absolute atomic E-state index is 5.46. The third-order valence-corrected chi connectivity index (χ3v) is 5.50. The summed E-state index contributed by atoms with van der Waals surface area (Å²) in [7, 11) is 0. The van der Waals surface area contributed by atoms with E-state index in [0.29, 0.717) is 12.8 Å². The highest BCUT2D eigenvalue weighted by atomic mass is 79.9. The predicted molar refractivity (Wildman–Crippen MR) is 87.8 cm³/mol. The number of fused-ring (bicyclic) bond motifs is 1. The van der Waals surface area contributed by atoms with E-state index in [-0.39, 0.29) is 0 Å². The minimum atomic E-state index is 0.330. The number of rotatable bonds is 4. The van der Waals surface area contributed by atoms with Gasteiger partial charge in [-0.2, -0.15) is 0 Å². The quantitative estimate of drug-likeness (QED) is 0.800. The molecule has 116 valence electrons. The van der Waals surface area contributed by atoms with Crippen LogP contribution in [0.4, 0.5) is 0 Å². The molecule has 0 bridgehead atoms. The number of hydrogen-bond donors (Lipinski definition) is 1. The second-order valence-electron chi connectivity index (χ2n) is 6.22. The number of nitrogens with one attached hydrogen (secondary N) is 1. The van der Waals surface area contributed by atoms with Crippen molar-refractivity contribution in [1.29, 1.82) is 0 Å². The smallest absolute Gasteiger partial charge is 0.231 e. The Bertz CT molecular complexity index is 484. The van der Waals surface area contributed by atoms with Gasteiger partial charge >= 0.3 is 0 Å². The summed E-state index contributed by atoms with van der Waals surface area (Å²) in [6, 6.07) is 4.66. The molecule has 3 rings (SSSR count). The van der Waals surface area contributed by atoms with E-state index in [1.54, 1.807) is 0 Å². The number of halogens is 1. The zero-order chi connectivity index (χ0) is 14.7. The Morgan fingerprint density at radius 3 is 2.52 bits per heavy atom. The van der Waals surface area contributed by atoms with Gasteiger partial charge in [0.15, 0.2) is 11.5 Å². The predicted octanol–water partition coefficient (Wildman–Crippen LogP) is 4.63. The standard InChI is InChI=1S/C17H24BrNO2/c1-12(13-6-4-2-3-5-7-13)19-10-14-8-16-17(9-15(14)18)21-11-20-16/h8-9,12-13,19H,2-7,10-11H2,1H3/t12-/m1/s1. The summed E-state index contributed by atoms with van der Waals surface area (Å²) in [5.41, 5.74) is 1.24. The van der Waals surface area contributed by atoms with Gasteiger partial charge in [0.25, 0.3) is 0 Å². The lowest BCUT2D eigenvalue weighted by molar-refractivity contribution is 0.174. The Kier molecular flexibility index (Phi) is 5.07. The van der Waals surface area contributed by atoms with Gasteiger partial charge in [0.1, 0.15) is 0 Å². The Morgan fingerprint density at radius 1 is 1.14 bits per heavy atom. The molecule has 0 spiro atoms. The van der Waals surface area contributed by atoms with E-state index in [9.17, 15) is 0 Å². The maximum Gasteiger partial charge on any atom is 0.231 e. The average Bonchev–Trinajstić information content (AvgIpc) is 2.75. The van der Waals surface area contributed by atoms with Crippen molar-refractivity contribution in [2.45, 2.75) is 58.0 Å². The molecule has 1 fully saturated rings. The lowest BCUT2D eigenvalue weighted by atomic mass is 9.93. The fourth-order valence-electron chi connectivity index (χ4n) is 3.34. The third-order valence-electron chi connectivity index (χ3n) is 4.76. The van der Waals surface area contributed by atoms with E-state index in [0.717, 1.165) is 28.4 Å². The van der Waals surface area contributed by atoms with Crippen molar-refractivity contribution in [2.24, 2.45) is 5.92 Å². The molecule has 1 aliphatic heterocycles. The summed E-state index contributed by atoms with van der Waals surface area (Å²) in [5, 5.41) is 3.70. The van der Waals surface area contributed by atoms with Crippen LogP contribution < -0.4 is 14.8 Å². The molecule has 3 nitrogen and oxygen atoms in total. The Labute approximate surface area is 135 Å². The van der Waals surface area contributed by atoms with Gasteiger partial charge in [0, 0.05) is 17.1 Å². The number of hydrogen-bond acceptors (Lipinski definition) is 3. The number of ether oxygens (including phenoxy) is 2. The van der Waals surface area contributed by atoms with Gasteiger partial charge < -0.3 is 14.8 Å². The second-order valence-corrected chi connectivity index (χ2v) is 7.07. The van der Waals surface area contributed by atoms with Crippen LogP contribution >= 0.6 is 15.9 Å². The lowest BCUT2D eigenvalue weighted by Gasteiger charge is -2.24. The van der Waals surface area contributed by atoms with Gasteiger partial charge in [0.05, 0.1) is 0 Å². The summed E-state index contributed by atoms with van der Waals surface area (Å²) in [6.45, 7) is 3.53. The first kappa shape index (κ1) is 15.2. The Balaban J connectivity index is 1.59. The van der Waals surface area contributed by atoms with Gasteiger partial charge in [-0.1, -0.05) is 41.6 Å². The molecule has 0 unspecified atom stereocenters. The largest absolute Gasteiger partial charge is 0.454 e. The van der Waals surface area contributed by atoms with Crippen LogP contribution in [-0.2, 0) is 6.54 Å². The first-order valence-corrected chi connectivity index (χ1v) is 8.85. The molecule has 0 saturated heterocycles. The van der Waals surface area contributed by atoms with Gasteiger partial charge in [-0.3, -0.25) is 0 Å². The fraction of sp³-hybridized carbons (Fsp3) is 0.647. The molecule has 0 amide bonds. The molecule has 21 heavy (non-hydrogen) atoms. The highest BCUT2D eigenvalue weighted by Crippen LogP contribution is 2.37. The van der Waals surface area contributed by atoms with Crippen molar-refractivity contribution in [1.82, 2.24) is 5.32 Å². The SMILES string of the molecule is C[C@@H](NCc1cc2c(cc1Br)OCO2)C1CCCCCC1. The van der Waals surface area contributed by atoms with Crippen LogP contribution in [0.15, 0.2) is 16.6 Å². The molecule has 1 N–H and O–H groups in total. The van der Waals surface area contributed by atoms with Crippen LogP contribution in [0.2, 0.25) is 0 Å². The summed E-state index contributed by atoms with van der Waals surface area (Å²) >= 11 is 3.63. The normalized spacial score (nSPS) is 20.3. The van der Waals surface area contributed by atoms with E-state index in [2.05, 4.69) is 34.2 Å². The van der Waals surface area contributed by atoms with Crippen LogP contribution in [0.5, 0.6) is 11.5 Å². The van der Waals surface area contributed by atoms with Crippen molar-refractivity contribution in [2.75, 3.05) is 6.79 Å². The second kappa shape index (κ2) is 7.01. The zero-order valence-corrected chi connectivity index (χ0v) is 14.2. The van der Waals surface area contributed by atoms with Gasteiger partial charge in [-0.15, -0.1) is 0 Å². The van der Waals surface area contributed by atoms with Crippen molar-refractivity contribution in [3.05, 3.63) is 22.2 Å². The van der Waals surface area contributed by atoms with E-state index >= 15 is 0 Å². The maximum atomic E-state index is 5.46. The molecule has 1 saturated carbocycles.